The molecule has 4 rings (SSSR count). The van der Waals surface area contributed by atoms with Crippen LogP contribution in [0.1, 0.15) is 21.1 Å². The van der Waals surface area contributed by atoms with Crippen molar-refractivity contribution < 1.29 is 14.3 Å². The highest BCUT2D eigenvalue weighted by Gasteiger charge is 2.15. The number of ether oxygens (including phenoxy) is 1. The predicted octanol–water partition coefficient (Wildman–Crippen LogP) is 4.45. The number of hydrogen-bond donors (Lipinski definition) is 3. The highest BCUT2D eigenvalue weighted by Crippen LogP contribution is 2.21. The van der Waals surface area contributed by atoms with Crippen LogP contribution in [0.3, 0.4) is 0 Å². The molecule has 2 heterocycles. The molecule has 0 atom stereocenters. The highest BCUT2D eigenvalue weighted by molar-refractivity contribution is 7.99. The van der Waals surface area contributed by atoms with Crippen LogP contribution >= 0.6 is 23.1 Å². The van der Waals surface area contributed by atoms with Crippen molar-refractivity contribution in [3.63, 3.8) is 0 Å². The Labute approximate surface area is 198 Å². The molecule has 2 aromatic carbocycles. The topological polar surface area (TPSA) is 109 Å². The normalized spacial score (nSPS) is 10.6. The molecule has 2 aromatic heterocycles. The first-order valence-electron chi connectivity index (χ1n) is 10.0. The number of nitrogens with zero attached hydrogens (tertiary/aromatic N) is 2. The van der Waals surface area contributed by atoms with Crippen LogP contribution in [0.4, 0.5) is 11.4 Å². The van der Waals surface area contributed by atoms with Crippen molar-refractivity contribution in [1.82, 2.24) is 15.2 Å². The molecule has 0 aliphatic heterocycles. The summed E-state index contributed by atoms with van der Waals surface area (Å²) in [6, 6.07) is 17.9. The second kappa shape index (κ2) is 10.8. The number of benzene rings is 2. The van der Waals surface area contributed by atoms with E-state index in [0.29, 0.717) is 34.3 Å². The number of carbonyl (C=O) groups is 2. The Balaban J connectivity index is 1.33. The maximum atomic E-state index is 12.8. The van der Waals surface area contributed by atoms with Gasteiger partial charge in [0.2, 0.25) is 11.1 Å². The van der Waals surface area contributed by atoms with Gasteiger partial charge in [0.1, 0.15) is 11.6 Å². The summed E-state index contributed by atoms with van der Waals surface area (Å²) in [5.41, 5.74) is 1.42. The fourth-order valence-electron chi connectivity index (χ4n) is 2.98. The van der Waals surface area contributed by atoms with Gasteiger partial charge in [-0.1, -0.05) is 30.0 Å². The molecule has 33 heavy (non-hydrogen) atoms. The molecule has 0 saturated heterocycles. The Hall–Kier alpha value is -3.63. The van der Waals surface area contributed by atoms with E-state index in [1.54, 1.807) is 67.0 Å². The molecule has 0 aliphatic rings. The average Bonchev–Trinajstić information content (AvgIpc) is 3.51. The summed E-state index contributed by atoms with van der Waals surface area (Å²) < 4.78 is 5.13. The van der Waals surface area contributed by atoms with Crippen LogP contribution in [0.15, 0.2) is 71.2 Å². The third-order valence-electron chi connectivity index (χ3n) is 4.56. The molecule has 168 valence electrons. The fourth-order valence-corrected chi connectivity index (χ4v) is 4.31. The van der Waals surface area contributed by atoms with Crippen molar-refractivity contribution in [3.8, 4) is 5.75 Å². The van der Waals surface area contributed by atoms with Crippen LogP contribution < -0.4 is 15.4 Å². The Kier molecular flexibility index (Phi) is 7.38. The van der Waals surface area contributed by atoms with Gasteiger partial charge in [0.15, 0.2) is 0 Å². The minimum Gasteiger partial charge on any atom is -0.497 e. The summed E-state index contributed by atoms with van der Waals surface area (Å²) in [4.78, 5) is 30.9. The quantitative estimate of drug-likeness (QED) is 0.306. The van der Waals surface area contributed by atoms with Crippen LogP contribution in [0.25, 0.3) is 0 Å². The number of amides is 2. The molecular weight excluding hydrogens is 458 g/mol. The summed E-state index contributed by atoms with van der Waals surface area (Å²) >= 11 is 2.88. The Bertz CT molecular complexity index is 1220. The van der Waals surface area contributed by atoms with E-state index >= 15 is 0 Å². The van der Waals surface area contributed by atoms with Gasteiger partial charge in [0.05, 0.1) is 24.1 Å². The summed E-state index contributed by atoms with van der Waals surface area (Å²) in [7, 11) is 1.58. The number of thiophene rings is 1. The van der Waals surface area contributed by atoms with Crippen LogP contribution in [-0.2, 0) is 11.2 Å². The average molecular weight is 480 g/mol. The standard InChI is InChI=1S/C23H21N5O3S2/c1-31-16-10-8-15(9-11-16)24-22(30)18-6-2-3-7-19(18)25-21(29)14-33-23-26-20(27-28-23)13-17-5-4-12-32-17/h2-12H,13-14H2,1H3,(H,24,30)(H,25,29)(H,26,27,28). The third kappa shape index (κ3) is 6.21. The molecule has 0 bridgehead atoms. The zero-order chi connectivity index (χ0) is 23.0. The van der Waals surface area contributed by atoms with Gasteiger partial charge in [-0.3, -0.25) is 14.7 Å². The molecule has 4 aromatic rings. The van der Waals surface area contributed by atoms with E-state index in [2.05, 4.69) is 25.8 Å². The zero-order valence-corrected chi connectivity index (χ0v) is 19.3. The number of nitrogens with one attached hydrogen (secondary N) is 3. The first kappa shape index (κ1) is 22.6. The van der Waals surface area contributed by atoms with Gasteiger partial charge in [0, 0.05) is 17.0 Å². The van der Waals surface area contributed by atoms with Crippen LogP contribution in [0.5, 0.6) is 5.75 Å². The first-order valence-corrected chi connectivity index (χ1v) is 11.9. The van der Waals surface area contributed by atoms with Gasteiger partial charge in [-0.05, 0) is 47.8 Å². The minimum absolute atomic E-state index is 0.116. The lowest BCUT2D eigenvalue weighted by Gasteiger charge is -2.11. The number of anilines is 2. The van der Waals surface area contributed by atoms with Gasteiger partial charge >= 0.3 is 0 Å². The molecule has 0 fully saturated rings. The number of methoxy groups -OCH3 is 1. The third-order valence-corrected chi connectivity index (χ3v) is 6.28. The van der Waals surface area contributed by atoms with Gasteiger partial charge in [0.25, 0.3) is 5.91 Å². The number of carbonyl (C=O) groups excluding carboxylic acids is 2. The SMILES string of the molecule is COc1ccc(NC(=O)c2ccccc2NC(=O)CSc2n[nH]c(Cc3cccs3)n2)cc1. The lowest BCUT2D eigenvalue weighted by molar-refractivity contribution is -0.113. The second-order valence-electron chi connectivity index (χ2n) is 6.89. The van der Waals surface area contributed by atoms with E-state index in [1.165, 1.54) is 16.6 Å². The van der Waals surface area contributed by atoms with Gasteiger partial charge in [-0.25, -0.2) is 4.98 Å². The van der Waals surface area contributed by atoms with Crippen molar-refractivity contribution in [2.24, 2.45) is 0 Å². The van der Waals surface area contributed by atoms with Gasteiger partial charge < -0.3 is 15.4 Å². The number of thioether (sulfide) groups is 1. The monoisotopic (exact) mass is 479 g/mol. The lowest BCUT2D eigenvalue weighted by atomic mass is 10.1. The lowest BCUT2D eigenvalue weighted by Crippen LogP contribution is -2.19. The van der Waals surface area contributed by atoms with E-state index in [0.717, 1.165) is 5.82 Å². The molecule has 10 heteroatoms. The van der Waals surface area contributed by atoms with Crippen molar-refractivity contribution in [3.05, 3.63) is 82.3 Å². The van der Waals surface area contributed by atoms with Gasteiger partial charge in [-0.2, -0.15) is 0 Å². The van der Waals surface area contributed by atoms with E-state index in [9.17, 15) is 9.59 Å². The van der Waals surface area contributed by atoms with Crippen molar-refractivity contribution in [2.75, 3.05) is 23.5 Å². The second-order valence-corrected chi connectivity index (χ2v) is 8.86. The largest absolute Gasteiger partial charge is 0.497 e. The summed E-state index contributed by atoms with van der Waals surface area (Å²) in [5.74, 6) is 0.986. The fraction of sp³-hybridized carbons (Fsp3) is 0.130. The molecule has 0 spiro atoms. The molecule has 0 aliphatic carbocycles. The summed E-state index contributed by atoms with van der Waals surface area (Å²) in [5, 5.41) is 15.2. The number of para-hydroxylation sites is 1. The van der Waals surface area contributed by atoms with E-state index in [-0.39, 0.29) is 17.6 Å². The van der Waals surface area contributed by atoms with Gasteiger partial charge in [-0.15, -0.1) is 16.4 Å². The van der Waals surface area contributed by atoms with Crippen molar-refractivity contribution in [1.29, 1.82) is 0 Å². The van der Waals surface area contributed by atoms with Crippen LogP contribution in [0.2, 0.25) is 0 Å². The molecule has 3 N–H and O–H groups in total. The molecule has 0 saturated carbocycles. The zero-order valence-electron chi connectivity index (χ0n) is 17.7. The minimum atomic E-state index is -0.323. The Morgan fingerprint density at radius 3 is 2.64 bits per heavy atom. The Morgan fingerprint density at radius 1 is 1.06 bits per heavy atom. The summed E-state index contributed by atoms with van der Waals surface area (Å²) in [6.45, 7) is 0. The predicted molar refractivity (Wildman–Crippen MR) is 130 cm³/mol. The number of aromatic amines is 1. The van der Waals surface area contributed by atoms with Crippen molar-refractivity contribution >= 4 is 46.3 Å². The van der Waals surface area contributed by atoms with E-state index in [4.69, 9.17) is 4.74 Å². The number of aromatic nitrogens is 3. The number of rotatable bonds is 9. The summed E-state index contributed by atoms with van der Waals surface area (Å²) in [6.07, 6.45) is 0.675. The Morgan fingerprint density at radius 2 is 1.88 bits per heavy atom. The molecule has 8 nitrogen and oxygen atoms in total. The maximum Gasteiger partial charge on any atom is 0.257 e. The smallest absolute Gasteiger partial charge is 0.257 e. The molecule has 0 radical (unpaired) electrons. The number of hydrogen-bond acceptors (Lipinski definition) is 7. The molecule has 2 amide bonds. The first-order chi connectivity index (χ1) is 16.1. The van der Waals surface area contributed by atoms with E-state index in [1.807, 2.05) is 17.5 Å². The maximum absolute atomic E-state index is 12.8. The van der Waals surface area contributed by atoms with Crippen LogP contribution in [-0.4, -0.2) is 39.9 Å². The van der Waals surface area contributed by atoms with Crippen molar-refractivity contribution in [2.45, 2.75) is 11.6 Å². The number of H-pyrrole nitrogens is 1. The van der Waals surface area contributed by atoms with E-state index < -0.39 is 0 Å². The highest BCUT2D eigenvalue weighted by atomic mass is 32.2. The molecule has 0 unspecified atom stereocenters. The molecular formula is C23H21N5O3S2. The van der Waals surface area contributed by atoms with Crippen LogP contribution in [0, 0.1) is 0 Å².